The number of nitrogens with zero attached hydrogens (tertiary/aromatic N) is 3. The fourth-order valence-electron chi connectivity index (χ4n) is 6.39. The lowest BCUT2D eigenvalue weighted by Gasteiger charge is -2.42. The molecule has 4 aliphatic rings. The van der Waals surface area contributed by atoms with E-state index in [9.17, 15) is 18.0 Å². The molecule has 2 bridgehead atoms. The second kappa shape index (κ2) is 12.0. The molecule has 4 heterocycles. The molecule has 1 aromatic heterocycles. The Morgan fingerprint density at radius 2 is 1.85 bits per heavy atom. The summed E-state index contributed by atoms with van der Waals surface area (Å²) in [4.78, 5) is 21.0. The fraction of sp³-hybridized carbons (Fsp3) is 0.571. The van der Waals surface area contributed by atoms with E-state index in [0.717, 1.165) is 45.1 Å². The maximum Gasteiger partial charge on any atom is 0.236 e. The van der Waals surface area contributed by atoms with Crippen molar-refractivity contribution in [3.8, 4) is 5.75 Å². The maximum absolute atomic E-state index is 14.6. The molecule has 1 aromatic carbocycles. The van der Waals surface area contributed by atoms with E-state index in [1.807, 2.05) is 4.90 Å². The van der Waals surface area contributed by atoms with Crippen LogP contribution in [0.1, 0.15) is 49.1 Å². The molecule has 4 unspecified atom stereocenters. The predicted molar refractivity (Wildman–Crippen MR) is 142 cm³/mol. The number of likely N-dealkylation sites (tertiary alicyclic amines) is 2. The highest BCUT2D eigenvalue weighted by Gasteiger charge is 2.42. The lowest BCUT2D eigenvalue weighted by atomic mass is 10.0. The molecular formula is C28H35ClF3N5O2. The van der Waals surface area contributed by atoms with Crippen LogP contribution in [0.2, 0.25) is 0 Å². The zero-order chi connectivity index (χ0) is 26.2. The first kappa shape index (κ1) is 28.1. The Morgan fingerprint density at radius 3 is 2.56 bits per heavy atom. The summed E-state index contributed by atoms with van der Waals surface area (Å²) in [6, 6.07) is 6.82. The Bertz CT molecular complexity index is 1170. The monoisotopic (exact) mass is 565 g/mol. The number of rotatable bonds is 8. The van der Waals surface area contributed by atoms with Crippen LogP contribution in [0.3, 0.4) is 0 Å². The van der Waals surface area contributed by atoms with E-state index < -0.39 is 17.6 Å². The Balaban J connectivity index is 0.00000308. The highest BCUT2D eigenvalue weighted by molar-refractivity contribution is 5.85. The molecule has 1 amide bonds. The topological polar surface area (TPSA) is 69.7 Å². The molecule has 7 nitrogen and oxygen atoms in total. The summed E-state index contributed by atoms with van der Waals surface area (Å²) in [7, 11) is 0. The number of carbonyl (C=O) groups is 1. The summed E-state index contributed by atoms with van der Waals surface area (Å²) in [5.74, 6) is -2.42. The first-order chi connectivity index (χ1) is 18.4. The second-order valence-electron chi connectivity index (χ2n) is 11.1. The van der Waals surface area contributed by atoms with E-state index in [-0.39, 0.29) is 54.7 Å². The molecular weight excluding hydrogens is 531 g/mol. The van der Waals surface area contributed by atoms with Crippen LogP contribution in [-0.4, -0.2) is 77.6 Å². The van der Waals surface area contributed by atoms with Crippen molar-refractivity contribution >= 4 is 18.3 Å². The van der Waals surface area contributed by atoms with Gasteiger partial charge < -0.3 is 20.3 Å². The highest BCUT2D eigenvalue weighted by Crippen LogP contribution is 2.46. The number of halogens is 4. The SMILES string of the molecule is Cl.O=C(CNC1CC1c1cc(F)cc(F)c1OCc1cccnc1F)N1CCC(N2CC3CCC(C2)N3)CC1. The van der Waals surface area contributed by atoms with E-state index in [2.05, 4.69) is 20.5 Å². The number of nitrogens with one attached hydrogen (secondary N) is 2. The summed E-state index contributed by atoms with van der Waals surface area (Å²) in [5.41, 5.74) is 0.578. The van der Waals surface area contributed by atoms with Crippen LogP contribution in [0.25, 0.3) is 0 Å². The molecule has 212 valence electrons. The molecule has 2 N–H and O–H groups in total. The van der Waals surface area contributed by atoms with E-state index >= 15 is 0 Å². The van der Waals surface area contributed by atoms with Gasteiger partial charge in [-0.3, -0.25) is 9.69 Å². The van der Waals surface area contributed by atoms with Crippen molar-refractivity contribution in [3.05, 3.63) is 59.2 Å². The number of fused-ring (bicyclic) bond motifs is 2. The van der Waals surface area contributed by atoms with Gasteiger partial charge in [-0.05, 0) is 50.3 Å². The number of pyridine rings is 1. The smallest absolute Gasteiger partial charge is 0.236 e. The van der Waals surface area contributed by atoms with Gasteiger partial charge in [0.1, 0.15) is 12.4 Å². The largest absolute Gasteiger partial charge is 0.485 e. The molecule has 0 spiro atoms. The Labute approximate surface area is 232 Å². The Morgan fingerprint density at radius 1 is 1.10 bits per heavy atom. The summed E-state index contributed by atoms with van der Waals surface area (Å²) >= 11 is 0. The number of benzene rings is 1. The lowest BCUT2D eigenvalue weighted by molar-refractivity contribution is -0.131. The second-order valence-corrected chi connectivity index (χ2v) is 11.1. The quantitative estimate of drug-likeness (QED) is 0.479. The van der Waals surface area contributed by atoms with Crippen LogP contribution in [0.4, 0.5) is 13.2 Å². The number of hydrogen-bond acceptors (Lipinski definition) is 6. The van der Waals surface area contributed by atoms with Gasteiger partial charge in [0.2, 0.25) is 11.9 Å². The van der Waals surface area contributed by atoms with Crippen LogP contribution in [0.5, 0.6) is 5.75 Å². The number of ether oxygens (including phenoxy) is 1. The van der Waals surface area contributed by atoms with Crippen molar-refractivity contribution in [1.29, 1.82) is 0 Å². The van der Waals surface area contributed by atoms with Gasteiger partial charge in [0.05, 0.1) is 6.54 Å². The molecule has 1 saturated carbocycles. The number of piperazine rings is 1. The third-order valence-electron chi connectivity index (χ3n) is 8.53. The van der Waals surface area contributed by atoms with Crippen LogP contribution >= 0.6 is 12.4 Å². The minimum atomic E-state index is -0.827. The molecule has 0 radical (unpaired) electrons. The van der Waals surface area contributed by atoms with Crippen molar-refractivity contribution in [2.45, 2.75) is 68.8 Å². The number of aromatic nitrogens is 1. The summed E-state index contributed by atoms with van der Waals surface area (Å²) in [6.45, 7) is 3.72. The van der Waals surface area contributed by atoms with Crippen LogP contribution in [0, 0.1) is 17.6 Å². The first-order valence-electron chi connectivity index (χ1n) is 13.7. The molecule has 3 aliphatic heterocycles. The van der Waals surface area contributed by atoms with Crippen molar-refractivity contribution < 1.29 is 22.7 Å². The number of carbonyl (C=O) groups excluding carboxylic acids is 1. The van der Waals surface area contributed by atoms with Gasteiger partial charge in [-0.15, -0.1) is 12.4 Å². The predicted octanol–water partition coefficient (Wildman–Crippen LogP) is 3.37. The molecule has 1 aliphatic carbocycles. The van der Waals surface area contributed by atoms with E-state index in [0.29, 0.717) is 30.1 Å². The standard InChI is InChI=1S/C28H34F3N5O2.ClH/c29-18-10-23(27(24(30)11-18)38-16-17-2-1-7-32-28(17)31)22-12-25(22)33-13-26(37)35-8-5-21(6-9-35)36-14-19-3-4-20(15-36)34-19;/h1-2,7,10-11,19-22,25,33-34H,3-6,8-9,12-16H2;1H. The molecule has 3 saturated heterocycles. The summed E-state index contributed by atoms with van der Waals surface area (Å²) in [5, 5.41) is 6.95. The van der Waals surface area contributed by atoms with Gasteiger partial charge in [-0.2, -0.15) is 4.39 Å². The third-order valence-corrected chi connectivity index (χ3v) is 8.53. The lowest BCUT2D eigenvalue weighted by Crippen LogP contribution is -2.57. The van der Waals surface area contributed by atoms with Crippen LogP contribution < -0.4 is 15.4 Å². The maximum atomic E-state index is 14.6. The molecule has 4 fully saturated rings. The van der Waals surface area contributed by atoms with E-state index in [1.165, 1.54) is 31.2 Å². The average molecular weight is 566 g/mol. The molecule has 2 aromatic rings. The van der Waals surface area contributed by atoms with Crippen LogP contribution in [-0.2, 0) is 11.4 Å². The zero-order valence-corrected chi connectivity index (χ0v) is 22.6. The normalized spacial score (nSPS) is 26.8. The number of amides is 1. The zero-order valence-electron chi connectivity index (χ0n) is 21.8. The Hall–Kier alpha value is -2.40. The van der Waals surface area contributed by atoms with Crippen molar-refractivity contribution in [3.63, 3.8) is 0 Å². The van der Waals surface area contributed by atoms with Gasteiger partial charge in [0, 0.05) is 79.7 Å². The summed E-state index contributed by atoms with van der Waals surface area (Å²) in [6.07, 6.45) is 6.50. The van der Waals surface area contributed by atoms with E-state index in [4.69, 9.17) is 4.74 Å². The minimum Gasteiger partial charge on any atom is -0.485 e. The molecule has 39 heavy (non-hydrogen) atoms. The van der Waals surface area contributed by atoms with E-state index in [1.54, 1.807) is 6.07 Å². The van der Waals surface area contributed by atoms with Gasteiger partial charge in [0.25, 0.3) is 0 Å². The molecule has 6 rings (SSSR count). The average Bonchev–Trinajstić information content (AvgIpc) is 3.62. The first-order valence-corrected chi connectivity index (χ1v) is 13.7. The molecule has 4 atom stereocenters. The van der Waals surface area contributed by atoms with Crippen LogP contribution in [0.15, 0.2) is 30.5 Å². The van der Waals surface area contributed by atoms with Gasteiger partial charge in [0.15, 0.2) is 11.6 Å². The number of piperidine rings is 1. The fourth-order valence-corrected chi connectivity index (χ4v) is 6.39. The summed E-state index contributed by atoms with van der Waals surface area (Å²) < 4.78 is 48.2. The third kappa shape index (κ3) is 6.34. The minimum absolute atomic E-state index is 0. The van der Waals surface area contributed by atoms with Gasteiger partial charge in [-0.1, -0.05) is 0 Å². The van der Waals surface area contributed by atoms with Crippen molar-refractivity contribution in [2.24, 2.45) is 0 Å². The molecule has 11 heteroatoms. The van der Waals surface area contributed by atoms with Gasteiger partial charge >= 0.3 is 0 Å². The Kier molecular flexibility index (Phi) is 8.66. The van der Waals surface area contributed by atoms with Gasteiger partial charge in [-0.25, -0.2) is 13.8 Å². The van der Waals surface area contributed by atoms with Crippen molar-refractivity contribution in [1.82, 2.24) is 25.4 Å². The highest BCUT2D eigenvalue weighted by atomic mass is 35.5. The number of hydrogen-bond donors (Lipinski definition) is 2. The van der Waals surface area contributed by atoms with Crippen molar-refractivity contribution in [2.75, 3.05) is 32.7 Å².